The van der Waals surface area contributed by atoms with E-state index in [-0.39, 0.29) is 0 Å². The fraction of sp³-hybridized carbons (Fsp3) is 0.111. The second kappa shape index (κ2) is 16.1. The molecule has 2 aliphatic rings. The van der Waals surface area contributed by atoms with Gasteiger partial charge in [-0.1, -0.05) is 97.6 Å². The molecule has 10 aromatic rings. The zero-order chi connectivity index (χ0) is 45.3. The summed E-state index contributed by atoms with van der Waals surface area (Å²) in [6, 6.07) is 54.4. The van der Waals surface area contributed by atoms with E-state index in [2.05, 4.69) is 235 Å². The van der Waals surface area contributed by atoms with Crippen molar-refractivity contribution in [3.63, 3.8) is 0 Å². The average molecular weight is 865 g/mol. The van der Waals surface area contributed by atoms with E-state index in [1.807, 2.05) is 6.08 Å². The van der Waals surface area contributed by atoms with Gasteiger partial charge in [-0.25, -0.2) is 0 Å². The Labute approximate surface area is 392 Å². The topological polar surface area (TPSA) is 26.8 Å². The first-order chi connectivity index (χ1) is 32.9. The number of rotatable bonds is 8. The molecule has 0 saturated carbocycles. The molecular weight excluding hydrogens is 813 g/mol. The highest BCUT2D eigenvalue weighted by Gasteiger charge is 2.23. The molecule has 1 aliphatic heterocycles. The molecule has 4 heteroatoms. The van der Waals surface area contributed by atoms with Crippen molar-refractivity contribution in [3.05, 3.63) is 221 Å². The monoisotopic (exact) mass is 864 g/mol. The Morgan fingerprint density at radius 2 is 1.01 bits per heavy atom. The molecule has 0 bridgehead atoms. The molecule has 7 aromatic carbocycles. The van der Waals surface area contributed by atoms with Crippen molar-refractivity contribution in [1.82, 2.24) is 19.0 Å². The van der Waals surface area contributed by atoms with Gasteiger partial charge in [-0.15, -0.1) is 0 Å². The predicted octanol–water partition coefficient (Wildman–Crippen LogP) is 16.2. The number of hydrogen-bond acceptors (Lipinski definition) is 1. The fourth-order valence-electron chi connectivity index (χ4n) is 11.3. The number of benzene rings is 7. The highest BCUT2D eigenvalue weighted by molar-refractivity contribution is 6.09. The molecule has 67 heavy (non-hydrogen) atoms. The maximum absolute atomic E-state index is 4.25. The van der Waals surface area contributed by atoms with E-state index in [0.29, 0.717) is 0 Å². The molecule has 0 spiro atoms. The molecule has 3 aromatic heterocycles. The summed E-state index contributed by atoms with van der Waals surface area (Å²) in [6.07, 6.45) is 17.3. The SMILES string of the molecule is C=Cc1c2c(n(-c3ccc(-c4cc(-c5ccc(-n6c7c(c8ccccc86)CNC=C7)cc5C)cc(-c5ccc(-n6c7ccccc7c7ccccc76)cc5C)c4)c(C)c3)c1/C=C\C)C=CCC2. The van der Waals surface area contributed by atoms with Crippen LogP contribution in [0.15, 0.2) is 171 Å². The van der Waals surface area contributed by atoms with Crippen LogP contribution in [0.4, 0.5) is 0 Å². The van der Waals surface area contributed by atoms with Crippen LogP contribution in [-0.4, -0.2) is 13.7 Å². The van der Waals surface area contributed by atoms with Crippen molar-refractivity contribution in [2.24, 2.45) is 0 Å². The number of allylic oxidation sites excluding steroid dienone is 2. The van der Waals surface area contributed by atoms with Gasteiger partial charge < -0.3 is 19.0 Å². The Kier molecular flexibility index (Phi) is 9.72. The molecule has 0 fully saturated rings. The largest absolute Gasteiger partial charge is 0.387 e. The highest BCUT2D eigenvalue weighted by Crippen LogP contribution is 2.41. The molecule has 0 saturated heterocycles. The van der Waals surface area contributed by atoms with Gasteiger partial charge in [0.05, 0.1) is 27.9 Å². The number of hydrogen-bond donors (Lipinski definition) is 1. The zero-order valence-electron chi connectivity index (χ0n) is 38.6. The molecule has 1 aliphatic carbocycles. The first-order valence-electron chi connectivity index (χ1n) is 23.6. The summed E-state index contributed by atoms with van der Waals surface area (Å²) in [5.74, 6) is 0. The standard InChI is InChI=1S/C63H52N4/c1-6-16-58-49(7-2)53-17-8-12-21-59(53)65(58)46-25-28-50(40(3)33-46)43-36-44(51-29-26-47(34-41(51)4)66-60-22-13-9-18-54(60)55-19-10-14-23-61(55)66)38-45(37-43)52-30-27-48(35-42(52)5)67-62-24-15-11-20-56(62)57-39-64-32-31-63(57)67/h6-7,9-16,18-38,64H,2,8,17,39H2,1,3-5H3/b16-6-. The van der Waals surface area contributed by atoms with E-state index >= 15 is 0 Å². The third-order valence-electron chi connectivity index (χ3n) is 14.3. The van der Waals surface area contributed by atoms with E-state index in [4.69, 9.17) is 0 Å². The normalized spacial score (nSPS) is 13.2. The Hall–Kier alpha value is -8.08. The molecule has 4 heterocycles. The zero-order valence-corrected chi connectivity index (χ0v) is 38.6. The Morgan fingerprint density at radius 3 is 1.55 bits per heavy atom. The van der Waals surface area contributed by atoms with Crippen LogP contribution in [0.3, 0.4) is 0 Å². The smallest absolute Gasteiger partial charge is 0.0541 e. The van der Waals surface area contributed by atoms with Gasteiger partial charge in [0.1, 0.15) is 0 Å². The van der Waals surface area contributed by atoms with Crippen LogP contribution in [0, 0.1) is 20.8 Å². The lowest BCUT2D eigenvalue weighted by Gasteiger charge is -2.19. The Morgan fingerprint density at radius 1 is 0.522 bits per heavy atom. The fourth-order valence-corrected chi connectivity index (χ4v) is 11.3. The third kappa shape index (κ3) is 6.50. The van der Waals surface area contributed by atoms with Crippen LogP contribution in [0.25, 0.3) is 107 Å². The number of fused-ring (bicyclic) bond motifs is 7. The van der Waals surface area contributed by atoms with Gasteiger partial charge in [0, 0.05) is 56.6 Å². The van der Waals surface area contributed by atoms with Crippen LogP contribution < -0.4 is 5.32 Å². The Bertz CT molecular complexity index is 3710. The van der Waals surface area contributed by atoms with E-state index in [1.54, 1.807) is 0 Å². The summed E-state index contributed by atoms with van der Waals surface area (Å²) in [5, 5.41) is 7.27. The maximum Gasteiger partial charge on any atom is 0.0541 e. The number of nitrogens with one attached hydrogen (secondary N) is 1. The van der Waals surface area contributed by atoms with Crippen molar-refractivity contribution in [2.45, 2.75) is 47.1 Å². The molecule has 4 nitrogen and oxygen atoms in total. The van der Waals surface area contributed by atoms with Gasteiger partial charge in [-0.3, -0.25) is 0 Å². The minimum absolute atomic E-state index is 0.822. The van der Waals surface area contributed by atoms with Crippen molar-refractivity contribution in [3.8, 4) is 50.4 Å². The summed E-state index contributed by atoms with van der Waals surface area (Å²) >= 11 is 0. The van der Waals surface area contributed by atoms with Gasteiger partial charge in [0.15, 0.2) is 0 Å². The van der Waals surface area contributed by atoms with Crippen LogP contribution in [-0.2, 0) is 13.0 Å². The average Bonchev–Trinajstić information content (AvgIpc) is 3.99. The second-order valence-electron chi connectivity index (χ2n) is 18.2. The summed E-state index contributed by atoms with van der Waals surface area (Å²) in [7, 11) is 0. The van der Waals surface area contributed by atoms with Crippen molar-refractivity contribution >= 4 is 57.0 Å². The molecule has 0 radical (unpaired) electrons. The first-order valence-corrected chi connectivity index (χ1v) is 23.6. The highest BCUT2D eigenvalue weighted by atomic mass is 15.0. The number of nitrogens with zero attached hydrogens (tertiary/aromatic N) is 3. The number of aromatic nitrogens is 3. The predicted molar refractivity (Wildman–Crippen MR) is 285 cm³/mol. The van der Waals surface area contributed by atoms with E-state index < -0.39 is 0 Å². The lowest BCUT2D eigenvalue weighted by molar-refractivity contribution is 0.855. The van der Waals surface area contributed by atoms with Gasteiger partial charge >= 0.3 is 0 Å². The van der Waals surface area contributed by atoms with Crippen molar-refractivity contribution < 1.29 is 0 Å². The van der Waals surface area contributed by atoms with Crippen LogP contribution in [0.5, 0.6) is 0 Å². The molecular formula is C63H52N4. The van der Waals surface area contributed by atoms with E-state index in [1.165, 1.54) is 122 Å². The third-order valence-corrected chi connectivity index (χ3v) is 14.3. The second-order valence-corrected chi connectivity index (χ2v) is 18.2. The molecule has 0 unspecified atom stereocenters. The molecule has 1 N–H and O–H groups in total. The quantitative estimate of drug-likeness (QED) is 0.162. The minimum atomic E-state index is 0.822. The molecule has 0 atom stereocenters. The van der Waals surface area contributed by atoms with Gasteiger partial charge in [0.2, 0.25) is 0 Å². The minimum Gasteiger partial charge on any atom is -0.387 e. The van der Waals surface area contributed by atoms with Crippen molar-refractivity contribution in [2.75, 3.05) is 0 Å². The molecule has 0 amide bonds. The van der Waals surface area contributed by atoms with Crippen LogP contribution in [0.2, 0.25) is 0 Å². The summed E-state index contributed by atoms with van der Waals surface area (Å²) in [5.41, 5.74) is 25.7. The number of aryl methyl sites for hydroxylation is 3. The number of para-hydroxylation sites is 3. The van der Waals surface area contributed by atoms with Crippen LogP contribution >= 0.6 is 0 Å². The van der Waals surface area contributed by atoms with Gasteiger partial charge in [-0.05, 0) is 193 Å². The van der Waals surface area contributed by atoms with E-state index in [9.17, 15) is 0 Å². The molecule has 324 valence electrons. The van der Waals surface area contributed by atoms with Crippen LogP contribution in [0.1, 0.15) is 63.8 Å². The molecule has 12 rings (SSSR count). The van der Waals surface area contributed by atoms with Gasteiger partial charge in [0.25, 0.3) is 0 Å². The first kappa shape index (κ1) is 40.4. The van der Waals surface area contributed by atoms with Gasteiger partial charge in [-0.2, -0.15) is 0 Å². The summed E-state index contributed by atoms with van der Waals surface area (Å²) < 4.78 is 7.25. The Balaban J connectivity index is 1.01. The van der Waals surface area contributed by atoms with E-state index in [0.717, 1.165) is 30.8 Å². The van der Waals surface area contributed by atoms with Crippen molar-refractivity contribution in [1.29, 1.82) is 0 Å². The summed E-state index contributed by atoms with van der Waals surface area (Å²) in [4.78, 5) is 0. The lowest BCUT2D eigenvalue weighted by Crippen LogP contribution is -2.11. The summed E-state index contributed by atoms with van der Waals surface area (Å²) in [6.45, 7) is 14.0. The maximum atomic E-state index is 4.25. The lowest BCUT2D eigenvalue weighted by atomic mass is 9.89.